The minimum Gasteiger partial charge on any atom is -0.480 e. The first-order chi connectivity index (χ1) is 6.61. The van der Waals surface area contributed by atoms with E-state index in [0.29, 0.717) is 13.0 Å². The average Bonchev–Trinajstić information content (AvgIpc) is 2.14. The van der Waals surface area contributed by atoms with Gasteiger partial charge in [0.25, 0.3) is 0 Å². The molecule has 0 aromatic heterocycles. The van der Waals surface area contributed by atoms with Crippen LogP contribution in [0.15, 0.2) is 12.7 Å². The van der Waals surface area contributed by atoms with E-state index >= 15 is 0 Å². The maximum atomic E-state index is 11.1. The van der Waals surface area contributed by atoms with Gasteiger partial charge in [0.05, 0.1) is 0 Å². The molecule has 0 aliphatic carbocycles. The molecule has 0 heterocycles. The van der Waals surface area contributed by atoms with Crippen molar-refractivity contribution in [2.75, 3.05) is 6.54 Å². The molecule has 0 aromatic rings. The molecule has 14 heavy (non-hydrogen) atoms. The summed E-state index contributed by atoms with van der Waals surface area (Å²) < 4.78 is 0. The number of carbonyl (C=O) groups is 2. The van der Waals surface area contributed by atoms with Gasteiger partial charge in [-0.3, -0.25) is 4.79 Å². The molecule has 0 radical (unpaired) electrons. The molecule has 0 aliphatic heterocycles. The summed E-state index contributed by atoms with van der Waals surface area (Å²) in [6.45, 7) is 3.84. The van der Waals surface area contributed by atoms with Crippen LogP contribution in [0.25, 0.3) is 0 Å². The Morgan fingerprint density at radius 3 is 2.64 bits per heavy atom. The summed E-state index contributed by atoms with van der Waals surface area (Å²) in [6.07, 6.45) is 2.51. The fourth-order valence-electron chi connectivity index (χ4n) is 0.917. The highest BCUT2D eigenvalue weighted by Crippen LogP contribution is 1.95. The number of rotatable bonds is 7. The van der Waals surface area contributed by atoms with Gasteiger partial charge in [-0.15, -0.1) is 6.58 Å². The summed E-state index contributed by atoms with van der Waals surface area (Å²) in [5.41, 5.74) is 5.21. The Hall–Kier alpha value is -1.36. The Kier molecular flexibility index (Phi) is 6.39. The van der Waals surface area contributed by atoms with Crippen LogP contribution in [0.3, 0.4) is 0 Å². The van der Waals surface area contributed by atoms with Crippen LogP contribution >= 0.6 is 0 Å². The van der Waals surface area contributed by atoms with Crippen molar-refractivity contribution in [1.29, 1.82) is 0 Å². The molecular weight excluding hydrogens is 184 g/mol. The molecule has 1 atom stereocenters. The molecule has 0 spiro atoms. The highest BCUT2D eigenvalue weighted by atomic mass is 16.4. The Morgan fingerprint density at radius 2 is 2.21 bits per heavy atom. The average molecular weight is 200 g/mol. The molecular formula is C9H16N2O3. The van der Waals surface area contributed by atoms with Crippen molar-refractivity contribution in [2.24, 2.45) is 5.73 Å². The topological polar surface area (TPSA) is 92.4 Å². The van der Waals surface area contributed by atoms with Gasteiger partial charge in [-0.05, 0) is 19.4 Å². The van der Waals surface area contributed by atoms with Crippen LogP contribution in [-0.2, 0) is 9.59 Å². The summed E-state index contributed by atoms with van der Waals surface area (Å²) in [5.74, 6) is -1.34. The molecule has 80 valence electrons. The number of nitrogens with two attached hydrogens (primary N) is 1. The minimum absolute atomic E-state index is 0.226. The number of aliphatic carboxylic acids is 1. The number of carbonyl (C=O) groups excluding carboxylic acids is 1. The number of amides is 1. The smallest absolute Gasteiger partial charge is 0.326 e. The Balaban J connectivity index is 3.95. The maximum absolute atomic E-state index is 11.1. The Morgan fingerprint density at radius 1 is 1.57 bits per heavy atom. The third kappa shape index (κ3) is 5.31. The molecule has 5 heteroatoms. The van der Waals surface area contributed by atoms with E-state index in [1.807, 2.05) is 0 Å². The van der Waals surface area contributed by atoms with E-state index in [-0.39, 0.29) is 18.7 Å². The quantitative estimate of drug-likeness (QED) is 0.499. The van der Waals surface area contributed by atoms with Gasteiger partial charge in [-0.2, -0.15) is 0 Å². The minimum atomic E-state index is -1.05. The number of carboxylic acid groups (broad SMARTS) is 1. The van der Waals surface area contributed by atoms with E-state index in [2.05, 4.69) is 11.9 Å². The summed E-state index contributed by atoms with van der Waals surface area (Å²) in [5, 5.41) is 11.1. The number of hydrogen-bond donors (Lipinski definition) is 3. The monoisotopic (exact) mass is 200 g/mol. The Bertz CT molecular complexity index is 216. The van der Waals surface area contributed by atoms with Gasteiger partial charge in [0.15, 0.2) is 0 Å². The third-order valence-electron chi connectivity index (χ3n) is 1.64. The van der Waals surface area contributed by atoms with Crippen molar-refractivity contribution in [3.8, 4) is 0 Å². The molecule has 1 amide bonds. The van der Waals surface area contributed by atoms with Crippen LogP contribution in [0.2, 0.25) is 0 Å². The predicted octanol–water partition coefficient (Wildman–Crippen LogP) is -0.129. The van der Waals surface area contributed by atoms with Gasteiger partial charge in [0.1, 0.15) is 6.04 Å². The van der Waals surface area contributed by atoms with Gasteiger partial charge in [-0.1, -0.05) is 6.08 Å². The second-order valence-corrected chi connectivity index (χ2v) is 2.87. The molecule has 0 aliphatic rings. The Labute approximate surface area is 83.0 Å². The van der Waals surface area contributed by atoms with E-state index in [0.717, 1.165) is 0 Å². The van der Waals surface area contributed by atoms with Crippen molar-refractivity contribution in [3.05, 3.63) is 12.7 Å². The fourth-order valence-corrected chi connectivity index (χ4v) is 0.917. The first-order valence-corrected chi connectivity index (χ1v) is 4.45. The first kappa shape index (κ1) is 12.6. The summed E-state index contributed by atoms with van der Waals surface area (Å²) >= 11 is 0. The van der Waals surface area contributed by atoms with Gasteiger partial charge >= 0.3 is 5.97 Å². The lowest BCUT2D eigenvalue weighted by atomic mass is 10.2. The SMILES string of the molecule is C=CCC(NC(=O)CCCN)C(=O)O. The number of hydrogen-bond acceptors (Lipinski definition) is 3. The molecule has 4 N–H and O–H groups in total. The zero-order valence-electron chi connectivity index (χ0n) is 8.03. The van der Waals surface area contributed by atoms with Crippen LogP contribution in [0.4, 0.5) is 0 Å². The molecule has 0 saturated carbocycles. The van der Waals surface area contributed by atoms with Crippen molar-refractivity contribution >= 4 is 11.9 Å². The zero-order chi connectivity index (χ0) is 11.0. The van der Waals surface area contributed by atoms with Crippen LogP contribution in [0.1, 0.15) is 19.3 Å². The molecule has 0 saturated heterocycles. The van der Waals surface area contributed by atoms with Gasteiger partial charge in [-0.25, -0.2) is 4.79 Å². The fraction of sp³-hybridized carbons (Fsp3) is 0.556. The molecule has 5 nitrogen and oxygen atoms in total. The number of carboxylic acids is 1. The summed E-state index contributed by atoms with van der Waals surface area (Å²) in [6, 6.07) is -0.877. The zero-order valence-corrected chi connectivity index (χ0v) is 8.03. The highest BCUT2D eigenvalue weighted by Gasteiger charge is 2.17. The molecule has 0 fully saturated rings. The second-order valence-electron chi connectivity index (χ2n) is 2.87. The van der Waals surface area contributed by atoms with Crippen LogP contribution in [-0.4, -0.2) is 29.6 Å². The van der Waals surface area contributed by atoms with E-state index in [4.69, 9.17) is 10.8 Å². The van der Waals surface area contributed by atoms with E-state index in [1.54, 1.807) is 0 Å². The highest BCUT2D eigenvalue weighted by molar-refractivity contribution is 5.83. The standard InChI is InChI=1S/C9H16N2O3/c1-2-4-7(9(13)14)11-8(12)5-3-6-10/h2,7H,1,3-6,10H2,(H,11,12)(H,13,14). The van der Waals surface area contributed by atoms with Gasteiger partial charge in [0, 0.05) is 6.42 Å². The molecule has 0 aromatic carbocycles. The lowest BCUT2D eigenvalue weighted by Gasteiger charge is -2.11. The van der Waals surface area contributed by atoms with Crippen molar-refractivity contribution in [3.63, 3.8) is 0 Å². The van der Waals surface area contributed by atoms with E-state index in [9.17, 15) is 9.59 Å². The molecule has 0 rings (SSSR count). The second kappa shape index (κ2) is 7.08. The van der Waals surface area contributed by atoms with E-state index in [1.165, 1.54) is 6.08 Å². The van der Waals surface area contributed by atoms with Crippen molar-refractivity contribution < 1.29 is 14.7 Å². The normalized spacial score (nSPS) is 11.8. The van der Waals surface area contributed by atoms with Crippen LogP contribution < -0.4 is 11.1 Å². The van der Waals surface area contributed by atoms with Crippen molar-refractivity contribution in [2.45, 2.75) is 25.3 Å². The van der Waals surface area contributed by atoms with Crippen LogP contribution in [0.5, 0.6) is 0 Å². The number of nitrogens with one attached hydrogen (secondary N) is 1. The van der Waals surface area contributed by atoms with Gasteiger partial charge < -0.3 is 16.2 Å². The molecule has 0 bridgehead atoms. The van der Waals surface area contributed by atoms with E-state index < -0.39 is 12.0 Å². The predicted molar refractivity (Wildman–Crippen MR) is 52.7 cm³/mol. The largest absolute Gasteiger partial charge is 0.480 e. The van der Waals surface area contributed by atoms with Crippen molar-refractivity contribution in [1.82, 2.24) is 5.32 Å². The third-order valence-corrected chi connectivity index (χ3v) is 1.64. The lowest BCUT2D eigenvalue weighted by Crippen LogP contribution is -2.40. The summed E-state index contributed by atoms with van der Waals surface area (Å²) in [7, 11) is 0. The molecule has 1 unspecified atom stereocenters. The van der Waals surface area contributed by atoms with Crippen LogP contribution in [0, 0.1) is 0 Å². The van der Waals surface area contributed by atoms with Gasteiger partial charge in [0.2, 0.25) is 5.91 Å². The lowest BCUT2D eigenvalue weighted by molar-refractivity contribution is -0.141. The maximum Gasteiger partial charge on any atom is 0.326 e. The first-order valence-electron chi connectivity index (χ1n) is 4.45. The summed E-state index contributed by atoms with van der Waals surface area (Å²) in [4.78, 5) is 21.7.